The molecule has 0 aliphatic heterocycles. The number of carbonyl (C=O) groups is 1. The fraction of sp³-hybridized carbons (Fsp3) is 0.611. The molecule has 22 heavy (non-hydrogen) atoms. The second-order valence-corrected chi connectivity index (χ2v) is 6.07. The highest BCUT2D eigenvalue weighted by Crippen LogP contribution is 2.29. The van der Waals surface area contributed by atoms with E-state index in [1.54, 1.807) is 24.1 Å². The molecule has 124 valence electrons. The molecule has 1 aromatic rings. The van der Waals surface area contributed by atoms with E-state index < -0.39 is 0 Å². The van der Waals surface area contributed by atoms with Crippen LogP contribution in [0.3, 0.4) is 0 Å². The van der Waals surface area contributed by atoms with Crippen molar-refractivity contribution < 1.29 is 14.3 Å². The second kappa shape index (κ2) is 8.66. The molecular weight excluding hydrogens is 278 g/mol. The van der Waals surface area contributed by atoms with Crippen molar-refractivity contribution in [3.63, 3.8) is 0 Å². The third-order valence-electron chi connectivity index (χ3n) is 3.94. The van der Waals surface area contributed by atoms with E-state index in [-0.39, 0.29) is 11.9 Å². The Morgan fingerprint density at radius 3 is 2.45 bits per heavy atom. The maximum absolute atomic E-state index is 12.5. The summed E-state index contributed by atoms with van der Waals surface area (Å²) < 4.78 is 11.1. The zero-order valence-electron chi connectivity index (χ0n) is 14.7. The minimum Gasteiger partial charge on any atom is -0.493 e. The largest absolute Gasteiger partial charge is 0.493 e. The van der Waals surface area contributed by atoms with Crippen LogP contribution >= 0.6 is 0 Å². The van der Waals surface area contributed by atoms with Gasteiger partial charge in [-0.05, 0) is 43.9 Å². The fourth-order valence-corrected chi connectivity index (χ4v) is 2.00. The predicted octanol–water partition coefficient (Wildman–Crippen LogP) is 3.99. The zero-order valence-corrected chi connectivity index (χ0v) is 14.7. The van der Waals surface area contributed by atoms with Gasteiger partial charge in [-0.2, -0.15) is 0 Å². The number of carbonyl (C=O) groups excluding carboxylic acids is 1. The number of amides is 1. The van der Waals surface area contributed by atoms with Crippen molar-refractivity contribution >= 4 is 5.91 Å². The van der Waals surface area contributed by atoms with E-state index in [1.165, 1.54) is 0 Å². The number of ether oxygens (including phenoxy) is 2. The molecule has 0 saturated heterocycles. The summed E-state index contributed by atoms with van der Waals surface area (Å²) in [4.78, 5) is 14.2. The molecule has 1 unspecified atom stereocenters. The predicted molar refractivity (Wildman–Crippen MR) is 89.8 cm³/mol. The highest BCUT2D eigenvalue weighted by atomic mass is 16.5. The smallest absolute Gasteiger partial charge is 0.253 e. The molecule has 0 fully saturated rings. The van der Waals surface area contributed by atoms with Crippen LogP contribution in [0.4, 0.5) is 0 Å². The second-order valence-electron chi connectivity index (χ2n) is 6.07. The zero-order chi connectivity index (χ0) is 16.7. The lowest BCUT2D eigenvalue weighted by molar-refractivity contribution is 0.0740. The molecular formula is C18H29NO3. The van der Waals surface area contributed by atoms with Crippen LogP contribution in [0, 0.1) is 5.92 Å². The first-order valence-electron chi connectivity index (χ1n) is 7.98. The van der Waals surface area contributed by atoms with E-state index >= 15 is 0 Å². The monoisotopic (exact) mass is 307 g/mol. The Morgan fingerprint density at radius 1 is 1.23 bits per heavy atom. The third kappa shape index (κ3) is 4.93. The third-order valence-corrected chi connectivity index (χ3v) is 3.94. The lowest BCUT2D eigenvalue weighted by Crippen LogP contribution is -2.34. The minimum absolute atomic E-state index is 0.00128. The normalized spacial score (nSPS) is 12.1. The van der Waals surface area contributed by atoms with Gasteiger partial charge >= 0.3 is 0 Å². The van der Waals surface area contributed by atoms with Crippen LogP contribution in [0.25, 0.3) is 0 Å². The molecule has 0 aliphatic rings. The first kappa shape index (κ1) is 18.3. The van der Waals surface area contributed by atoms with Crippen LogP contribution in [0.5, 0.6) is 11.5 Å². The maximum atomic E-state index is 12.5. The van der Waals surface area contributed by atoms with E-state index in [0.29, 0.717) is 29.6 Å². The quantitative estimate of drug-likeness (QED) is 0.729. The van der Waals surface area contributed by atoms with Gasteiger partial charge < -0.3 is 14.4 Å². The van der Waals surface area contributed by atoms with E-state index in [9.17, 15) is 4.79 Å². The Balaban J connectivity index is 2.85. The summed E-state index contributed by atoms with van der Waals surface area (Å²) in [6.07, 6.45) is 1.91. The fourth-order valence-electron chi connectivity index (χ4n) is 2.00. The van der Waals surface area contributed by atoms with Gasteiger partial charge in [-0.1, -0.05) is 20.8 Å². The number of rotatable bonds is 8. The lowest BCUT2D eigenvalue weighted by atomic mass is 10.1. The summed E-state index contributed by atoms with van der Waals surface area (Å²) in [5.74, 6) is 1.88. The van der Waals surface area contributed by atoms with E-state index in [0.717, 1.165) is 12.8 Å². The van der Waals surface area contributed by atoms with Crippen LogP contribution in [0.1, 0.15) is 50.9 Å². The average Bonchev–Trinajstić information content (AvgIpc) is 2.52. The van der Waals surface area contributed by atoms with Gasteiger partial charge in [0.15, 0.2) is 11.5 Å². The molecule has 0 N–H and O–H groups in total. The summed E-state index contributed by atoms with van der Waals surface area (Å²) in [5.41, 5.74) is 0.621. The lowest BCUT2D eigenvalue weighted by Gasteiger charge is -2.24. The molecule has 0 spiro atoms. The average molecular weight is 307 g/mol. The Bertz CT molecular complexity index is 485. The van der Waals surface area contributed by atoms with Crippen molar-refractivity contribution in [2.75, 3.05) is 20.8 Å². The summed E-state index contributed by atoms with van der Waals surface area (Å²) in [5, 5.41) is 0. The minimum atomic E-state index is 0.00128. The van der Waals surface area contributed by atoms with Gasteiger partial charge in [-0.3, -0.25) is 4.79 Å². The molecule has 0 heterocycles. The van der Waals surface area contributed by atoms with Crippen LogP contribution in [0.2, 0.25) is 0 Å². The van der Waals surface area contributed by atoms with Gasteiger partial charge in [-0.25, -0.2) is 0 Å². The summed E-state index contributed by atoms with van der Waals surface area (Å²) >= 11 is 0. The molecule has 0 saturated carbocycles. The Kier molecular flexibility index (Phi) is 7.22. The molecule has 1 atom stereocenters. The molecule has 4 nitrogen and oxygen atoms in total. The number of hydrogen-bond donors (Lipinski definition) is 0. The Labute approximate surface area is 134 Å². The van der Waals surface area contributed by atoms with Gasteiger partial charge in [0.25, 0.3) is 5.91 Å². The van der Waals surface area contributed by atoms with Crippen LogP contribution < -0.4 is 9.47 Å². The van der Waals surface area contributed by atoms with Gasteiger partial charge in [0, 0.05) is 18.7 Å². The van der Waals surface area contributed by atoms with E-state index in [2.05, 4.69) is 20.8 Å². The molecule has 4 heteroatoms. The standard InChI is InChI=1S/C18H29NO3/c1-7-14(4)19(5)18(20)15-8-9-16(17(12-15)21-6)22-11-10-13(2)3/h8-9,12-14H,7,10-11H2,1-6H3. The SMILES string of the molecule is CCC(C)N(C)C(=O)c1ccc(OCCC(C)C)c(OC)c1. The topological polar surface area (TPSA) is 38.8 Å². The highest BCUT2D eigenvalue weighted by molar-refractivity contribution is 5.95. The van der Waals surface area contributed by atoms with Gasteiger partial charge in [0.05, 0.1) is 13.7 Å². The molecule has 1 rings (SSSR count). The molecule has 1 aromatic carbocycles. The van der Waals surface area contributed by atoms with E-state index in [4.69, 9.17) is 9.47 Å². The van der Waals surface area contributed by atoms with Crippen LogP contribution in [0.15, 0.2) is 18.2 Å². The molecule has 0 radical (unpaired) electrons. The van der Waals surface area contributed by atoms with Crippen LogP contribution in [-0.4, -0.2) is 37.6 Å². The van der Waals surface area contributed by atoms with Crippen molar-refractivity contribution in [1.29, 1.82) is 0 Å². The Hall–Kier alpha value is -1.71. The summed E-state index contributed by atoms with van der Waals surface area (Å²) in [6, 6.07) is 5.58. The van der Waals surface area contributed by atoms with Crippen molar-refractivity contribution in [1.82, 2.24) is 4.90 Å². The van der Waals surface area contributed by atoms with E-state index in [1.807, 2.05) is 20.0 Å². The summed E-state index contributed by atoms with van der Waals surface area (Å²) in [7, 11) is 3.42. The van der Waals surface area contributed by atoms with Gasteiger partial charge in [0.2, 0.25) is 0 Å². The number of methoxy groups -OCH3 is 1. The summed E-state index contributed by atoms with van der Waals surface area (Å²) in [6.45, 7) is 9.08. The van der Waals surface area contributed by atoms with Crippen molar-refractivity contribution in [2.24, 2.45) is 5.92 Å². The first-order chi connectivity index (χ1) is 10.4. The number of hydrogen-bond acceptors (Lipinski definition) is 3. The van der Waals surface area contributed by atoms with Crippen molar-refractivity contribution in [3.05, 3.63) is 23.8 Å². The van der Waals surface area contributed by atoms with Gasteiger partial charge in [-0.15, -0.1) is 0 Å². The highest BCUT2D eigenvalue weighted by Gasteiger charge is 2.18. The van der Waals surface area contributed by atoms with Crippen molar-refractivity contribution in [2.45, 2.75) is 46.6 Å². The van der Waals surface area contributed by atoms with Crippen molar-refractivity contribution in [3.8, 4) is 11.5 Å². The first-order valence-corrected chi connectivity index (χ1v) is 7.98. The molecule has 0 bridgehead atoms. The number of nitrogens with zero attached hydrogens (tertiary/aromatic N) is 1. The van der Waals surface area contributed by atoms with Gasteiger partial charge in [0.1, 0.15) is 0 Å². The molecule has 0 aliphatic carbocycles. The Morgan fingerprint density at radius 2 is 1.91 bits per heavy atom. The maximum Gasteiger partial charge on any atom is 0.253 e. The van der Waals surface area contributed by atoms with Crippen LogP contribution in [-0.2, 0) is 0 Å². The number of benzene rings is 1. The molecule has 0 aromatic heterocycles. The molecule has 1 amide bonds.